The van der Waals surface area contributed by atoms with Crippen molar-refractivity contribution in [2.75, 3.05) is 31.6 Å². The molecule has 2 aromatic carbocycles. The van der Waals surface area contributed by atoms with Gasteiger partial charge in [0.05, 0.1) is 13.2 Å². The highest BCUT2D eigenvalue weighted by Crippen LogP contribution is 2.33. The molecule has 3 rings (SSSR count). The highest BCUT2D eigenvalue weighted by atomic mass is 19.1. The zero-order chi connectivity index (χ0) is 19.4. The number of hydrogen-bond donors (Lipinski definition) is 0. The molecule has 0 N–H and O–H groups in total. The molecule has 0 spiro atoms. The van der Waals surface area contributed by atoms with Gasteiger partial charge in [-0.15, -0.1) is 0 Å². The summed E-state index contributed by atoms with van der Waals surface area (Å²) in [6, 6.07) is 13.1. The third-order valence-electron chi connectivity index (χ3n) is 4.93. The minimum Gasteiger partial charge on any atom is -0.497 e. The summed E-state index contributed by atoms with van der Waals surface area (Å²) in [5.74, 6) is 0.809. The normalized spacial score (nSPS) is 19.1. The molecule has 1 aliphatic heterocycles. The van der Waals surface area contributed by atoms with Crippen molar-refractivity contribution in [3.8, 4) is 11.5 Å². The maximum atomic E-state index is 13.1. The van der Waals surface area contributed by atoms with Gasteiger partial charge in [0.15, 0.2) is 6.10 Å². The van der Waals surface area contributed by atoms with Crippen LogP contribution in [0, 0.1) is 5.82 Å². The Labute approximate surface area is 159 Å². The van der Waals surface area contributed by atoms with Crippen molar-refractivity contribution >= 4 is 11.6 Å². The molecular weight excluding hydrogens is 347 g/mol. The molecule has 5 nitrogen and oxygen atoms in total. The number of carbonyl (C=O) groups excluding carboxylic acids is 1. The van der Waals surface area contributed by atoms with Crippen LogP contribution in [0.15, 0.2) is 48.5 Å². The van der Waals surface area contributed by atoms with Gasteiger partial charge < -0.3 is 19.3 Å². The zero-order valence-corrected chi connectivity index (χ0v) is 15.9. The van der Waals surface area contributed by atoms with E-state index >= 15 is 0 Å². The van der Waals surface area contributed by atoms with Crippen molar-refractivity contribution in [2.24, 2.45) is 0 Å². The Morgan fingerprint density at radius 1 is 1.00 bits per heavy atom. The SMILES string of the molecule is CCN(CC)C[C@H]1[C@@H](Oc2ccc(F)cc2)C(=O)N1c1ccc(OC)cc1. The number of benzene rings is 2. The van der Waals surface area contributed by atoms with Gasteiger partial charge in [0, 0.05) is 12.2 Å². The predicted octanol–water partition coefficient (Wildman–Crippen LogP) is 3.34. The average Bonchev–Trinajstić information content (AvgIpc) is 2.70. The first-order chi connectivity index (χ1) is 13.1. The Morgan fingerprint density at radius 2 is 1.59 bits per heavy atom. The van der Waals surface area contributed by atoms with E-state index in [1.165, 1.54) is 12.1 Å². The van der Waals surface area contributed by atoms with E-state index in [1.807, 2.05) is 24.3 Å². The molecular formula is C21H25FN2O3. The Kier molecular flexibility index (Phi) is 5.96. The summed E-state index contributed by atoms with van der Waals surface area (Å²) < 4.78 is 24.2. The molecule has 0 unspecified atom stereocenters. The van der Waals surface area contributed by atoms with Crippen molar-refractivity contribution in [3.05, 3.63) is 54.3 Å². The second kappa shape index (κ2) is 8.39. The van der Waals surface area contributed by atoms with Crippen molar-refractivity contribution in [2.45, 2.75) is 26.0 Å². The van der Waals surface area contributed by atoms with Crippen LogP contribution in [0.5, 0.6) is 11.5 Å². The van der Waals surface area contributed by atoms with Crippen LogP contribution >= 0.6 is 0 Å². The molecule has 27 heavy (non-hydrogen) atoms. The van der Waals surface area contributed by atoms with Gasteiger partial charge in [0.1, 0.15) is 17.3 Å². The lowest BCUT2D eigenvalue weighted by atomic mass is 9.95. The van der Waals surface area contributed by atoms with Crippen molar-refractivity contribution in [3.63, 3.8) is 0 Å². The Bertz CT molecular complexity index is 760. The fraction of sp³-hybridized carbons (Fsp3) is 0.381. The molecule has 1 fully saturated rings. The van der Waals surface area contributed by atoms with E-state index in [4.69, 9.17) is 9.47 Å². The quantitative estimate of drug-likeness (QED) is 0.667. The van der Waals surface area contributed by atoms with E-state index in [0.29, 0.717) is 12.3 Å². The van der Waals surface area contributed by atoms with E-state index in [0.717, 1.165) is 24.5 Å². The fourth-order valence-corrected chi connectivity index (χ4v) is 3.29. The van der Waals surface area contributed by atoms with Crippen LogP contribution in [-0.2, 0) is 4.79 Å². The molecule has 2 aromatic rings. The number of likely N-dealkylation sites (N-methyl/N-ethyl adjacent to an activating group) is 1. The monoisotopic (exact) mass is 372 g/mol. The number of carbonyl (C=O) groups is 1. The Balaban J connectivity index is 1.81. The van der Waals surface area contributed by atoms with E-state index in [-0.39, 0.29) is 17.8 Å². The first kappa shape index (κ1) is 19.2. The number of hydrogen-bond acceptors (Lipinski definition) is 4. The smallest absolute Gasteiger partial charge is 0.270 e. The van der Waals surface area contributed by atoms with Crippen LogP contribution in [0.25, 0.3) is 0 Å². The summed E-state index contributed by atoms with van der Waals surface area (Å²) in [5.41, 5.74) is 0.817. The molecule has 1 heterocycles. The van der Waals surface area contributed by atoms with Gasteiger partial charge in [-0.3, -0.25) is 4.79 Å². The van der Waals surface area contributed by atoms with Crippen LogP contribution in [0.2, 0.25) is 0 Å². The average molecular weight is 372 g/mol. The molecule has 0 aliphatic carbocycles. The molecule has 2 atom stereocenters. The third-order valence-corrected chi connectivity index (χ3v) is 4.93. The van der Waals surface area contributed by atoms with Crippen LogP contribution in [0.4, 0.5) is 10.1 Å². The predicted molar refractivity (Wildman–Crippen MR) is 103 cm³/mol. The molecule has 144 valence electrons. The maximum absolute atomic E-state index is 13.1. The molecule has 0 aromatic heterocycles. The second-order valence-electron chi connectivity index (χ2n) is 6.45. The lowest BCUT2D eigenvalue weighted by Gasteiger charge is -2.48. The van der Waals surface area contributed by atoms with Gasteiger partial charge in [0.2, 0.25) is 0 Å². The van der Waals surface area contributed by atoms with Gasteiger partial charge in [-0.1, -0.05) is 13.8 Å². The highest BCUT2D eigenvalue weighted by Gasteiger charge is 2.50. The van der Waals surface area contributed by atoms with Gasteiger partial charge in [-0.05, 0) is 61.6 Å². The van der Waals surface area contributed by atoms with Crippen molar-refractivity contribution < 1.29 is 18.7 Å². The summed E-state index contributed by atoms with van der Waals surface area (Å²) in [7, 11) is 1.61. The Morgan fingerprint density at radius 3 is 2.15 bits per heavy atom. The third kappa shape index (κ3) is 4.06. The molecule has 6 heteroatoms. The van der Waals surface area contributed by atoms with Gasteiger partial charge in [-0.25, -0.2) is 4.39 Å². The van der Waals surface area contributed by atoms with E-state index in [9.17, 15) is 9.18 Å². The van der Waals surface area contributed by atoms with Gasteiger partial charge in [0.25, 0.3) is 5.91 Å². The van der Waals surface area contributed by atoms with Crippen LogP contribution in [0.1, 0.15) is 13.8 Å². The number of methoxy groups -OCH3 is 1. The zero-order valence-electron chi connectivity index (χ0n) is 15.9. The second-order valence-corrected chi connectivity index (χ2v) is 6.45. The van der Waals surface area contributed by atoms with Gasteiger partial charge >= 0.3 is 0 Å². The topological polar surface area (TPSA) is 42.0 Å². The van der Waals surface area contributed by atoms with E-state index in [2.05, 4.69) is 18.7 Å². The van der Waals surface area contributed by atoms with Gasteiger partial charge in [-0.2, -0.15) is 0 Å². The summed E-state index contributed by atoms with van der Waals surface area (Å²) in [5, 5.41) is 0. The Hall–Kier alpha value is -2.60. The van der Waals surface area contributed by atoms with Crippen molar-refractivity contribution in [1.29, 1.82) is 0 Å². The fourth-order valence-electron chi connectivity index (χ4n) is 3.29. The van der Waals surface area contributed by atoms with E-state index in [1.54, 1.807) is 24.1 Å². The van der Waals surface area contributed by atoms with Crippen LogP contribution in [0.3, 0.4) is 0 Å². The number of ether oxygens (including phenoxy) is 2. The highest BCUT2D eigenvalue weighted by molar-refractivity contribution is 6.05. The summed E-state index contributed by atoms with van der Waals surface area (Å²) >= 11 is 0. The molecule has 1 amide bonds. The minimum atomic E-state index is -0.585. The van der Waals surface area contributed by atoms with E-state index < -0.39 is 6.10 Å². The lowest BCUT2D eigenvalue weighted by molar-refractivity contribution is -0.135. The first-order valence-corrected chi connectivity index (χ1v) is 9.19. The van der Waals surface area contributed by atoms with Crippen molar-refractivity contribution in [1.82, 2.24) is 4.90 Å². The number of β-lactam (4-membered cyclic amide) rings is 1. The minimum absolute atomic E-state index is 0.0957. The molecule has 0 radical (unpaired) electrons. The maximum Gasteiger partial charge on any atom is 0.270 e. The number of rotatable bonds is 8. The summed E-state index contributed by atoms with van der Waals surface area (Å²) in [4.78, 5) is 16.9. The molecule has 0 bridgehead atoms. The number of amides is 1. The molecule has 0 saturated carbocycles. The molecule has 1 saturated heterocycles. The number of nitrogens with zero attached hydrogens (tertiary/aromatic N) is 2. The van der Waals surface area contributed by atoms with Crippen LogP contribution in [-0.4, -0.2) is 49.7 Å². The first-order valence-electron chi connectivity index (χ1n) is 9.19. The van der Waals surface area contributed by atoms with Crippen LogP contribution < -0.4 is 14.4 Å². The number of anilines is 1. The standard InChI is InChI=1S/C21H25FN2O3/c1-4-23(5-2)14-19-20(27-18-10-6-15(22)7-11-18)21(25)24(19)16-8-12-17(26-3)13-9-16/h6-13,19-20H,4-5,14H2,1-3H3/t19-,20+/m0/s1. The molecule has 1 aliphatic rings. The largest absolute Gasteiger partial charge is 0.497 e. The summed E-state index contributed by atoms with van der Waals surface area (Å²) in [6.45, 7) is 6.67. The lowest BCUT2D eigenvalue weighted by Crippen LogP contribution is -2.70. The number of halogens is 1. The summed E-state index contributed by atoms with van der Waals surface area (Å²) in [6.07, 6.45) is -0.585.